The van der Waals surface area contributed by atoms with Crippen molar-refractivity contribution in [1.29, 1.82) is 0 Å². The summed E-state index contributed by atoms with van der Waals surface area (Å²) in [6.45, 7) is 2.12. The standard InChI is InChI=1S/C11H18Cl2N2O2/c1-2-3-4-5-6-7-8(16)15-9(10(12)13)11(14)17/h2-7H2,1H3,(H2,14,17)(H,15,16). The van der Waals surface area contributed by atoms with Crippen molar-refractivity contribution in [2.45, 2.75) is 45.4 Å². The first-order chi connectivity index (χ1) is 7.99. The van der Waals surface area contributed by atoms with Gasteiger partial charge in [-0.1, -0.05) is 55.8 Å². The zero-order valence-electron chi connectivity index (χ0n) is 9.89. The Labute approximate surface area is 112 Å². The van der Waals surface area contributed by atoms with Gasteiger partial charge in [-0.3, -0.25) is 9.59 Å². The molecule has 0 bridgehead atoms. The lowest BCUT2D eigenvalue weighted by atomic mass is 10.1. The van der Waals surface area contributed by atoms with E-state index in [2.05, 4.69) is 12.2 Å². The quantitative estimate of drug-likeness (QED) is 0.530. The molecule has 0 aliphatic rings. The van der Waals surface area contributed by atoms with Gasteiger partial charge in [0.05, 0.1) is 0 Å². The van der Waals surface area contributed by atoms with Gasteiger partial charge in [-0.05, 0) is 6.42 Å². The van der Waals surface area contributed by atoms with Gasteiger partial charge >= 0.3 is 0 Å². The van der Waals surface area contributed by atoms with Crippen LogP contribution in [0.2, 0.25) is 0 Å². The molecule has 98 valence electrons. The van der Waals surface area contributed by atoms with Crippen LogP contribution in [0.15, 0.2) is 10.2 Å². The summed E-state index contributed by atoms with van der Waals surface area (Å²) < 4.78 is -0.322. The summed E-state index contributed by atoms with van der Waals surface area (Å²) in [7, 11) is 0. The smallest absolute Gasteiger partial charge is 0.267 e. The van der Waals surface area contributed by atoms with Gasteiger partial charge in [0.1, 0.15) is 10.2 Å². The number of nitrogens with two attached hydrogens (primary N) is 1. The molecular weight excluding hydrogens is 263 g/mol. The average molecular weight is 281 g/mol. The van der Waals surface area contributed by atoms with E-state index in [4.69, 9.17) is 28.9 Å². The van der Waals surface area contributed by atoms with Gasteiger partial charge in [-0.25, -0.2) is 0 Å². The van der Waals surface area contributed by atoms with Gasteiger partial charge in [0, 0.05) is 6.42 Å². The SMILES string of the molecule is CCCCCCCC(=O)NC(C(N)=O)=C(Cl)Cl. The van der Waals surface area contributed by atoms with Crippen molar-refractivity contribution in [2.24, 2.45) is 5.73 Å². The van der Waals surface area contributed by atoms with E-state index in [0.717, 1.165) is 25.7 Å². The molecule has 0 aliphatic heterocycles. The molecule has 4 nitrogen and oxygen atoms in total. The van der Waals surface area contributed by atoms with E-state index in [1.165, 1.54) is 6.42 Å². The first-order valence-corrected chi connectivity index (χ1v) is 6.39. The third kappa shape index (κ3) is 8.05. The molecule has 2 amide bonds. The fraction of sp³-hybridized carbons (Fsp3) is 0.636. The zero-order valence-corrected chi connectivity index (χ0v) is 11.4. The van der Waals surface area contributed by atoms with E-state index in [0.29, 0.717) is 6.42 Å². The Bertz CT molecular complexity index is 300. The number of hydrogen-bond acceptors (Lipinski definition) is 2. The maximum absolute atomic E-state index is 11.4. The second-order valence-electron chi connectivity index (χ2n) is 3.71. The van der Waals surface area contributed by atoms with Crippen LogP contribution in [0, 0.1) is 0 Å². The average Bonchev–Trinajstić information content (AvgIpc) is 2.24. The number of carbonyl (C=O) groups is 2. The molecule has 0 saturated carbocycles. The number of hydrogen-bond donors (Lipinski definition) is 2. The summed E-state index contributed by atoms with van der Waals surface area (Å²) in [4.78, 5) is 22.3. The molecule has 0 saturated heterocycles. The van der Waals surface area contributed by atoms with Gasteiger partial charge in [0.2, 0.25) is 5.91 Å². The minimum absolute atomic E-state index is 0.244. The van der Waals surface area contributed by atoms with Gasteiger partial charge in [-0.15, -0.1) is 0 Å². The Morgan fingerprint density at radius 1 is 1.12 bits per heavy atom. The van der Waals surface area contributed by atoms with E-state index in [1.807, 2.05) is 0 Å². The van der Waals surface area contributed by atoms with Crippen LogP contribution < -0.4 is 11.1 Å². The summed E-state index contributed by atoms with van der Waals surface area (Å²) in [5.74, 6) is -1.14. The number of halogens is 2. The zero-order chi connectivity index (χ0) is 13.3. The van der Waals surface area contributed by atoms with E-state index in [9.17, 15) is 9.59 Å². The lowest BCUT2D eigenvalue weighted by Gasteiger charge is -2.06. The molecule has 0 atom stereocenters. The molecule has 0 aliphatic carbocycles. The third-order valence-corrected chi connectivity index (χ3v) is 2.59. The first kappa shape index (κ1) is 16.3. The fourth-order valence-electron chi connectivity index (χ4n) is 1.29. The number of primary amides is 1. The van der Waals surface area contributed by atoms with Gasteiger partial charge < -0.3 is 11.1 Å². The Morgan fingerprint density at radius 2 is 1.71 bits per heavy atom. The Morgan fingerprint density at radius 3 is 2.18 bits per heavy atom. The summed E-state index contributed by atoms with van der Waals surface area (Å²) >= 11 is 10.8. The van der Waals surface area contributed by atoms with Crippen LogP contribution in [0.1, 0.15) is 45.4 Å². The highest BCUT2D eigenvalue weighted by molar-refractivity contribution is 6.57. The van der Waals surface area contributed by atoms with E-state index < -0.39 is 5.91 Å². The van der Waals surface area contributed by atoms with Crippen molar-refractivity contribution in [1.82, 2.24) is 5.32 Å². The van der Waals surface area contributed by atoms with Crippen molar-refractivity contribution in [3.8, 4) is 0 Å². The molecule has 0 aromatic heterocycles. The number of carbonyl (C=O) groups excluding carboxylic acids is 2. The van der Waals surface area contributed by atoms with Crippen LogP contribution in [0.3, 0.4) is 0 Å². The number of nitrogens with one attached hydrogen (secondary N) is 1. The molecule has 3 N–H and O–H groups in total. The molecule has 0 fully saturated rings. The van der Waals surface area contributed by atoms with Gasteiger partial charge in [-0.2, -0.15) is 0 Å². The largest absolute Gasteiger partial charge is 0.364 e. The van der Waals surface area contributed by atoms with Gasteiger partial charge in [0.25, 0.3) is 5.91 Å². The minimum atomic E-state index is -0.843. The molecule has 0 spiro atoms. The topological polar surface area (TPSA) is 72.2 Å². The third-order valence-electron chi connectivity index (χ3n) is 2.21. The predicted molar refractivity (Wildman–Crippen MR) is 69.4 cm³/mol. The van der Waals surface area contributed by atoms with Crippen molar-refractivity contribution in [3.05, 3.63) is 10.2 Å². The van der Waals surface area contributed by atoms with Crippen molar-refractivity contribution < 1.29 is 9.59 Å². The van der Waals surface area contributed by atoms with E-state index in [-0.39, 0.29) is 16.1 Å². The highest BCUT2D eigenvalue weighted by atomic mass is 35.5. The second-order valence-corrected chi connectivity index (χ2v) is 4.66. The van der Waals surface area contributed by atoms with Crippen LogP contribution in [0.4, 0.5) is 0 Å². The molecular formula is C11H18Cl2N2O2. The summed E-state index contributed by atoms with van der Waals surface area (Å²) in [5.41, 5.74) is 4.76. The summed E-state index contributed by atoms with van der Waals surface area (Å²) in [5, 5.41) is 2.31. The lowest BCUT2D eigenvalue weighted by Crippen LogP contribution is -2.31. The molecule has 17 heavy (non-hydrogen) atoms. The summed E-state index contributed by atoms with van der Waals surface area (Å²) in [6.07, 6.45) is 5.54. The molecule has 0 rings (SSSR count). The number of rotatable bonds is 8. The van der Waals surface area contributed by atoms with Crippen LogP contribution in [0.5, 0.6) is 0 Å². The minimum Gasteiger partial charge on any atom is -0.364 e. The second kappa shape index (κ2) is 9.31. The van der Waals surface area contributed by atoms with Crippen molar-refractivity contribution in [2.75, 3.05) is 0 Å². The van der Waals surface area contributed by atoms with Gasteiger partial charge in [0.15, 0.2) is 0 Å². The summed E-state index contributed by atoms with van der Waals surface area (Å²) in [6, 6.07) is 0. The molecule has 0 unspecified atom stereocenters. The van der Waals surface area contributed by atoms with Crippen LogP contribution >= 0.6 is 23.2 Å². The van der Waals surface area contributed by atoms with Crippen molar-refractivity contribution >= 4 is 35.0 Å². The highest BCUT2D eigenvalue weighted by Gasteiger charge is 2.13. The first-order valence-electron chi connectivity index (χ1n) is 5.64. The fourth-order valence-corrected chi connectivity index (χ4v) is 1.57. The molecule has 6 heteroatoms. The Kier molecular flexibility index (Phi) is 8.90. The normalized spacial score (nSPS) is 9.82. The maximum atomic E-state index is 11.4. The molecule has 0 aromatic rings. The molecule has 0 radical (unpaired) electrons. The lowest BCUT2D eigenvalue weighted by molar-refractivity contribution is -0.122. The number of amides is 2. The van der Waals surface area contributed by atoms with Crippen LogP contribution in [-0.2, 0) is 9.59 Å². The monoisotopic (exact) mass is 280 g/mol. The number of unbranched alkanes of at least 4 members (excludes halogenated alkanes) is 4. The molecule has 0 aromatic carbocycles. The molecule has 0 heterocycles. The Hall–Kier alpha value is -0.740. The van der Waals surface area contributed by atoms with Crippen molar-refractivity contribution in [3.63, 3.8) is 0 Å². The van der Waals surface area contributed by atoms with Crippen LogP contribution in [0.25, 0.3) is 0 Å². The van der Waals surface area contributed by atoms with Crippen LogP contribution in [-0.4, -0.2) is 11.8 Å². The maximum Gasteiger partial charge on any atom is 0.267 e. The van der Waals surface area contributed by atoms with E-state index >= 15 is 0 Å². The Balaban J connectivity index is 3.93. The van der Waals surface area contributed by atoms with E-state index in [1.54, 1.807) is 0 Å². The predicted octanol–water partition coefficient (Wildman–Crippen LogP) is 2.60. The highest BCUT2D eigenvalue weighted by Crippen LogP contribution is 2.12.